The number of hydrogen-bond acceptors (Lipinski definition) is 5. The van der Waals surface area contributed by atoms with Gasteiger partial charge in [-0.1, -0.05) is 0 Å². The molecule has 6 heteroatoms. The molecule has 0 radical (unpaired) electrons. The van der Waals surface area contributed by atoms with Crippen molar-refractivity contribution in [3.63, 3.8) is 0 Å². The van der Waals surface area contributed by atoms with Crippen LogP contribution in [0.2, 0.25) is 0 Å². The smallest absolute Gasteiger partial charge is 0.271 e. The van der Waals surface area contributed by atoms with Crippen LogP contribution >= 0.6 is 11.3 Å². The van der Waals surface area contributed by atoms with Crippen LogP contribution in [0.3, 0.4) is 0 Å². The molecule has 1 amide bonds. The quantitative estimate of drug-likeness (QED) is 0.831. The number of rotatable bonds is 5. The predicted molar refractivity (Wildman–Crippen MR) is 69.5 cm³/mol. The second-order valence-electron chi connectivity index (χ2n) is 3.83. The van der Waals surface area contributed by atoms with E-state index in [1.807, 2.05) is 12.3 Å². The maximum Gasteiger partial charge on any atom is 0.271 e. The van der Waals surface area contributed by atoms with Gasteiger partial charge in [0.2, 0.25) is 0 Å². The third kappa shape index (κ3) is 3.59. The molecule has 1 N–H and O–H groups in total. The number of amides is 1. The fourth-order valence-electron chi connectivity index (χ4n) is 1.47. The number of aromatic nitrogens is 3. The Morgan fingerprint density at radius 2 is 2.33 bits per heavy atom. The summed E-state index contributed by atoms with van der Waals surface area (Å²) in [6.07, 6.45) is 6.27. The van der Waals surface area contributed by atoms with Gasteiger partial charge in [-0.05, 0) is 13.3 Å². The lowest BCUT2D eigenvalue weighted by Crippen LogP contribution is -2.25. The minimum absolute atomic E-state index is 0.182. The van der Waals surface area contributed by atoms with Crippen molar-refractivity contribution in [3.05, 3.63) is 40.4 Å². The van der Waals surface area contributed by atoms with Gasteiger partial charge in [0.05, 0.1) is 11.2 Å². The summed E-state index contributed by atoms with van der Waals surface area (Å²) in [4.78, 5) is 23.8. The molecule has 2 aromatic rings. The number of nitrogens with zero attached hydrogens (tertiary/aromatic N) is 3. The van der Waals surface area contributed by atoms with Crippen LogP contribution in [-0.2, 0) is 6.42 Å². The topological polar surface area (TPSA) is 67.8 Å². The van der Waals surface area contributed by atoms with Crippen molar-refractivity contribution in [3.8, 4) is 0 Å². The summed E-state index contributed by atoms with van der Waals surface area (Å²) in [5, 5.41) is 5.96. The number of nitrogens with one attached hydrogen (secondary N) is 1. The summed E-state index contributed by atoms with van der Waals surface area (Å²) in [5.74, 6) is -0.182. The maximum absolute atomic E-state index is 11.6. The Hall–Kier alpha value is -1.82. The zero-order chi connectivity index (χ0) is 12.8. The lowest BCUT2D eigenvalue weighted by molar-refractivity contribution is 0.0948. The largest absolute Gasteiger partial charge is 0.351 e. The van der Waals surface area contributed by atoms with Crippen LogP contribution in [0.25, 0.3) is 0 Å². The first-order chi connectivity index (χ1) is 8.75. The fourth-order valence-corrected chi connectivity index (χ4v) is 2.28. The van der Waals surface area contributed by atoms with Gasteiger partial charge in [0.25, 0.3) is 5.91 Å². The molecule has 0 bridgehead atoms. The molecule has 0 aromatic carbocycles. The number of carbonyl (C=O) groups is 1. The van der Waals surface area contributed by atoms with E-state index in [4.69, 9.17) is 0 Å². The van der Waals surface area contributed by atoms with Gasteiger partial charge in [0, 0.05) is 36.4 Å². The summed E-state index contributed by atoms with van der Waals surface area (Å²) in [7, 11) is 0. The number of aryl methyl sites for hydroxylation is 2. The summed E-state index contributed by atoms with van der Waals surface area (Å²) in [5.41, 5.74) is 1.40. The first-order valence-corrected chi connectivity index (χ1v) is 6.59. The third-order valence-electron chi connectivity index (χ3n) is 2.32. The van der Waals surface area contributed by atoms with E-state index in [2.05, 4.69) is 20.3 Å². The van der Waals surface area contributed by atoms with E-state index in [9.17, 15) is 4.79 Å². The minimum Gasteiger partial charge on any atom is -0.351 e. The first kappa shape index (κ1) is 12.6. The first-order valence-electron chi connectivity index (χ1n) is 5.71. The van der Waals surface area contributed by atoms with E-state index in [0.717, 1.165) is 23.5 Å². The Balaban J connectivity index is 1.71. The molecule has 2 heterocycles. The molecule has 18 heavy (non-hydrogen) atoms. The van der Waals surface area contributed by atoms with Gasteiger partial charge in [0.15, 0.2) is 0 Å². The molecule has 0 unspecified atom stereocenters. The van der Waals surface area contributed by atoms with Gasteiger partial charge in [-0.15, -0.1) is 11.3 Å². The van der Waals surface area contributed by atoms with E-state index in [0.29, 0.717) is 12.2 Å². The third-order valence-corrected chi connectivity index (χ3v) is 3.34. The zero-order valence-corrected chi connectivity index (χ0v) is 10.9. The minimum atomic E-state index is -0.182. The number of hydrogen-bond donors (Lipinski definition) is 1. The van der Waals surface area contributed by atoms with Gasteiger partial charge in [-0.3, -0.25) is 9.78 Å². The summed E-state index contributed by atoms with van der Waals surface area (Å²) in [6, 6.07) is 0. The van der Waals surface area contributed by atoms with Gasteiger partial charge in [0.1, 0.15) is 5.69 Å². The molecule has 0 aliphatic carbocycles. The van der Waals surface area contributed by atoms with Crippen molar-refractivity contribution < 1.29 is 4.79 Å². The highest BCUT2D eigenvalue weighted by molar-refractivity contribution is 7.09. The SMILES string of the molecule is Cc1csc(CCCNC(=O)c2cnccn2)n1. The summed E-state index contributed by atoms with van der Waals surface area (Å²) >= 11 is 1.66. The van der Waals surface area contributed by atoms with Crippen LogP contribution in [0.4, 0.5) is 0 Å². The average Bonchev–Trinajstić information content (AvgIpc) is 2.81. The normalized spacial score (nSPS) is 10.3. The highest BCUT2D eigenvalue weighted by Crippen LogP contribution is 2.10. The molecule has 0 atom stereocenters. The van der Waals surface area contributed by atoms with E-state index in [1.165, 1.54) is 12.4 Å². The Morgan fingerprint density at radius 1 is 1.44 bits per heavy atom. The summed E-state index contributed by atoms with van der Waals surface area (Å²) in [6.45, 7) is 2.60. The van der Waals surface area contributed by atoms with E-state index >= 15 is 0 Å². The lowest BCUT2D eigenvalue weighted by Gasteiger charge is -2.02. The molecule has 94 valence electrons. The monoisotopic (exact) mass is 262 g/mol. The van der Waals surface area contributed by atoms with Crippen LogP contribution < -0.4 is 5.32 Å². The van der Waals surface area contributed by atoms with Gasteiger partial charge in [-0.25, -0.2) is 9.97 Å². The van der Waals surface area contributed by atoms with Crippen LogP contribution in [0, 0.1) is 6.92 Å². The summed E-state index contributed by atoms with van der Waals surface area (Å²) < 4.78 is 0. The lowest BCUT2D eigenvalue weighted by atomic mass is 10.3. The van der Waals surface area contributed by atoms with Gasteiger partial charge < -0.3 is 5.32 Å². The Bertz CT molecular complexity index is 512. The highest BCUT2D eigenvalue weighted by Gasteiger charge is 2.05. The van der Waals surface area contributed by atoms with Crippen LogP contribution in [0.15, 0.2) is 24.0 Å². The second kappa shape index (κ2) is 6.20. The fraction of sp³-hybridized carbons (Fsp3) is 0.333. The molecular formula is C12H14N4OS. The predicted octanol–water partition coefficient (Wildman–Crippen LogP) is 1.60. The van der Waals surface area contributed by atoms with Gasteiger partial charge >= 0.3 is 0 Å². The van der Waals surface area contributed by atoms with E-state index < -0.39 is 0 Å². The van der Waals surface area contributed by atoms with Crippen molar-refractivity contribution in [1.29, 1.82) is 0 Å². The zero-order valence-electron chi connectivity index (χ0n) is 10.1. The maximum atomic E-state index is 11.6. The molecule has 2 rings (SSSR count). The van der Waals surface area contributed by atoms with Crippen LogP contribution in [0.1, 0.15) is 27.6 Å². The van der Waals surface area contributed by atoms with Gasteiger partial charge in [-0.2, -0.15) is 0 Å². The van der Waals surface area contributed by atoms with E-state index in [1.54, 1.807) is 17.5 Å². The van der Waals surface area contributed by atoms with Crippen molar-refractivity contribution in [2.45, 2.75) is 19.8 Å². The Labute approximate surface area is 109 Å². The van der Waals surface area contributed by atoms with E-state index in [-0.39, 0.29) is 5.91 Å². The molecule has 2 aromatic heterocycles. The molecule has 0 aliphatic heterocycles. The molecule has 0 saturated carbocycles. The van der Waals surface area contributed by atoms with Crippen LogP contribution in [0.5, 0.6) is 0 Å². The molecule has 0 spiro atoms. The van der Waals surface area contributed by atoms with Crippen LogP contribution in [-0.4, -0.2) is 27.4 Å². The Morgan fingerprint density at radius 3 is 3.00 bits per heavy atom. The van der Waals surface area contributed by atoms with Crippen molar-refractivity contribution in [1.82, 2.24) is 20.3 Å². The molecule has 0 saturated heterocycles. The van der Waals surface area contributed by atoms with Crippen molar-refractivity contribution in [2.24, 2.45) is 0 Å². The second-order valence-corrected chi connectivity index (χ2v) is 4.78. The highest BCUT2D eigenvalue weighted by atomic mass is 32.1. The molecular weight excluding hydrogens is 248 g/mol. The molecule has 0 aliphatic rings. The van der Waals surface area contributed by atoms with Crippen molar-refractivity contribution in [2.75, 3.05) is 6.54 Å². The molecule has 0 fully saturated rings. The number of carbonyl (C=O) groups excluding carboxylic acids is 1. The standard InChI is InChI=1S/C12H14N4OS/c1-9-8-18-11(16-9)3-2-4-15-12(17)10-7-13-5-6-14-10/h5-8H,2-4H2,1H3,(H,15,17). The molecule has 5 nitrogen and oxygen atoms in total. The average molecular weight is 262 g/mol. The van der Waals surface area contributed by atoms with Crippen molar-refractivity contribution >= 4 is 17.2 Å². The Kier molecular flexibility index (Phi) is 4.35. The number of thiazole rings is 1.